The van der Waals surface area contributed by atoms with Gasteiger partial charge in [0.1, 0.15) is 0 Å². The number of likely N-dealkylation sites (N-methyl/N-ethyl adjacent to an activating group) is 1. The van der Waals surface area contributed by atoms with Crippen LogP contribution >= 0.6 is 0 Å². The summed E-state index contributed by atoms with van der Waals surface area (Å²) >= 11 is 0. The van der Waals surface area contributed by atoms with E-state index in [1.165, 1.54) is 11.1 Å². The van der Waals surface area contributed by atoms with E-state index >= 15 is 0 Å². The first-order chi connectivity index (χ1) is 14.0. The number of piperidine rings is 2. The van der Waals surface area contributed by atoms with Crippen LogP contribution in [0.25, 0.3) is 0 Å². The Morgan fingerprint density at radius 1 is 1.21 bits per heavy atom. The Morgan fingerprint density at radius 3 is 2.62 bits per heavy atom. The molecule has 5 nitrogen and oxygen atoms in total. The minimum atomic E-state index is -0.0471. The molecule has 1 atom stereocenters. The Hall–Kier alpha value is -2.14. The molecule has 1 aromatic carbocycles. The average molecular weight is 396 g/mol. The summed E-state index contributed by atoms with van der Waals surface area (Å²) < 4.78 is 0. The standard InChI is InChI=1S/C24H33N3O2/c1-3-13-27-18-24(10-9-22(27)28)11-14-26(15-12-24)23(29)21-16-19-7-5-6-8-20(19)17-25(21)4-2/h3,5-8,21H,1,4,9-18H2,2H3. The molecule has 2 fully saturated rings. The van der Waals surface area contributed by atoms with Gasteiger partial charge in [-0.25, -0.2) is 0 Å². The van der Waals surface area contributed by atoms with E-state index in [0.29, 0.717) is 13.0 Å². The van der Waals surface area contributed by atoms with Gasteiger partial charge in [-0.2, -0.15) is 0 Å². The molecule has 2 saturated heterocycles. The maximum absolute atomic E-state index is 13.4. The summed E-state index contributed by atoms with van der Waals surface area (Å²) in [5, 5.41) is 0. The molecule has 0 N–H and O–H groups in total. The van der Waals surface area contributed by atoms with E-state index in [9.17, 15) is 9.59 Å². The summed E-state index contributed by atoms with van der Waals surface area (Å²) in [5.41, 5.74) is 2.84. The molecular weight excluding hydrogens is 362 g/mol. The number of benzene rings is 1. The van der Waals surface area contributed by atoms with E-state index in [-0.39, 0.29) is 23.3 Å². The fraction of sp³-hybridized carbons (Fsp3) is 0.583. The third kappa shape index (κ3) is 3.97. The lowest BCUT2D eigenvalue weighted by Crippen LogP contribution is -2.56. The third-order valence-corrected chi connectivity index (χ3v) is 7.27. The maximum Gasteiger partial charge on any atom is 0.240 e. The minimum absolute atomic E-state index is 0.0471. The molecule has 1 spiro atoms. The van der Waals surface area contributed by atoms with Crippen molar-refractivity contribution in [2.45, 2.75) is 51.6 Å². The van der Waals surface area contributed by atoms with Gasteiger partial charge < -0.3 is 9.80 Å². The molecule has 0 aliphatic carbocycles. The highest BCUT2D eigenvalue weighted by Crippen LogP contribution is 2.40. The summed E-state index contributed by atoms with van der Waals surface area (Å²) in [6, 6.07) is 8.47. The molecule has 3 heterocycles. The summed E-state index contributed by atoms with van der Waals surface area (Å²) in [7, 11) is 0. The molecule has 3 aliphatic heterocycles. The van der Waals surface area contributed by atoms with Crippen LogP contribution in [0.15, 0.2) is 36.9 Å². The van der Waals surface area contributed by atoms with E-state index < -0.39 is 0 Å². The van der Waals surface area contributed by atoms with Crippen molar-refractivity contribution in [3.8, 4) is 0 Å². The maximum atomic E-state index is 13.4. The first kappa shape index (κ1) is 20.1. The molecule has 1 aromatic rings. The Bertz CT molecular complexity index is 782. The van der Waals surface area contributed by atoms with E-state index in [4.69, 9.17) is 0 Å². The fourth-order valence-corrected chi connectivity index (χ4v) is 5.40. The summed E-state index contributed by atoms with van der Waals surface area (Å²) in [4.78, 5) is 31.9. The molecule has 156 valence electrons. The van der Waals surface area contributed by atoms with E-state index in [1.54, 1.807) is 0 Å². The van der Waals surface area contributed by atoms with Crippen LogP contribution in [0.2, 0.25) is 0 Å². The van der Waals surface area contributed by atoms with Crippen molar-refractivity contribution < 1.29 is 9.59 Å². The Balaban J connectivity index is 1.41. The van der Waals surface area contributed by atoms with Crippen LogP contribution in [0.3, 0.4) is 0 Å². The highest BCUT2D eigenvalue weighted by Gasteiger charge is 2.43. The van der Waals surface area contributed by atoms with Crippen molar-refractivity contribution in [1.82, 2.24) is 14.7 Å². The van der Waals surface area contributed by atoms with E-state index in [2.05, 4.69) is 47.6 Å². The number of hydrogen-bond acceptors (Lipinski definition) is 3. The molecule has 0 aromatic heterocycles. The van der Waals surface area contributed by atoms with Gasteiger partial charge in [0.05, 0.1) is 6.04 Å². The number of hydrogen-bond donors (Lipinski definition) is 0. The van der Waals surface area contributed by atoms with Gasteiger partial charge in [0.25, 0.3) is 0 Å². The van der Waals surface area contributed by atoms with E-state index in [0.717, 1.165) is 58.4 Å². The SMILES string of the molecule is C=CCN1CC2(CCC1=O)CCN(C(=O)C1Cc3ccccc3CN1CC)CC2. The third-order valence-electron chi connectivity index (χ3n) is 7.27. The molecule has 1 unspecified atom stereocenters. The zero-order valence-corrected chi connectivity index (χ0v) is 17.6. The fourth-order valence-electron chi connectivity index (χ4n) is 5.40. The number of likely N-dealkylation sites (tertiary alicyclic amines) is 2. The zero-order chi connectivity index (χ0) is 20.4. The first-order valence-electron chi connectivity index (χ1n) is 11.0. The van der Waals surface area contributed by atoms with Crippen LogP contribution in [0.4, 0.5) is 0 Å². The van der Waals surface area contributed by atoms with Gasteiger partial charge in [0.15, 0.2) is 0 Å². The lowest BCUT2D eigenvalue weighted by Gasteiger charge is -2.48. The highest BCUT2D eigenvalue weighted by molar-refractivity contribution is 5.83. The van der Waals surface area contributed by atoms with Crippen LogP contribution in [0.5, 0.6) is 0 Å². The van der Waals surface area contributed by atoms with Gasteiger partial charge in [-0.15, -0.1) is 6.58 Å². The second kappa shape index (κ2) is 8.31. The van der Waals surface area contributed by atoms with Gasteiger partial charge in [0.2, 0.25) is 11.8 Å². The van der Waals surface area contributed by atoms with Gasteiger partial charge in [-0.3, -0.25) is 14.5 Å². The molecular formula is C24H33N3O2. The van der Waals surface area contributed by atoms with Gasteiger partial charge in [0, 0.05) is 39.1 Å². The monoisotopic (exact) mass is 395 g/mol. The van der Waals surface area contributed by atoms with Crippen molar-refractivity contribution in [2.75, 3.05) is 32.7 Å². The molecule has 0 radical (unpaired) electrons. The molecule has 0 bridgehead atoms. The minimum Gasteiger partial charge on any atom is -0.341 e. The Labute approximate surface area is 174 Å². The van der Waals surface area contributed by atoms with Crippen molar-refractivity contribution >= 4 is 11.8 Å². The van der Waals surface area contributed by atoms with Crippen molar-refractivity contribution in [2.24, 2.45) is 5.41 Å². The number of nitrogens with zero attached hydrogens (tertiary/aromatic N) is 3. The normalized spacial score (nSPS) is 24.4. The van der Waals surface area contributed by atoms with Crippen LogP contribution in [0, 0.1) is 5.41 Å². The number of amides is 2. The lowest BCUT2D eigenvalue weighted by atomic mass is 9.72. The number of fused-ring (bicyclic) bond motifs is 1. The average Bonchev–Trinajstić information content (AvgIpc) is 2.76. The van der Waals surface area contributed by atoms with Gasteiger partial charge >= 0.3 is 0 Å². The lowest BCUT2D eigenvalue weighted by molar-refractivity contribution is -0.145. The predicted octanol–water partition coefficient (Wildman–Crippen LogP) is 2.85. The summed E-state index contributed by atoms with van der Waals surface area (Å²) in [6.45, 7) is 10.8. The highest BCUT2D eigenvalue weighted by atomic mass is 16.2. The Kier molecular flexibility index (Phi) is 5.77. The van der Waals surface area contributed by atoms with Crippen molar-refractivity contribution in [3.63, 3.8) is 0 Å². The van der Waals surface area contributed by atoms with Crippen LogP contribution in [0.1, 0.15) is 43.7 Å². The second-order valence-electron chi connectivity index (χ2n) is 8.94. The number of carbonyl (C=O) groups excluding carboxylic acids is 2. The van der Waals surface area contributed by atoms with E-state index in [1.807, 2.05) is 11.0 Å². The zero-order valence-electron chi connectivity index (χ0n) is 17.6. The van der Waals surface area contributed by atoms with Crippen LogP contribution < -0.4 is 0 Å². The molecule has 2 amide bonds. The Morgan fingerprint density at radius 2 is 1.93 bits per heavy atom. The van der Waals surface area contributed by atoms with Gasteiger partial charge in [-0.1, -0.05) is 37.3 Å². The number of rotatable bonds is 4. The van der Waals surface area contributed by atoms with Gasteiger partial charge in [-0.05, 0) is 48.8 Å². The topological polar surface area (TPSA) is 43.9 Å². The first-order valence-corrected chi connectivity index (χ1v) is 11.0. The molecule has 3 aliphatic rings. The van der Waals surface area contributed by atoms with Crippen molar-refractivity contribution in [1.29, 1.82) is 0 Å². The van der Waals surface area contributed by atoms with Crippen LogP contribution in [-0.4, -0.2) is 65.3 Å². The molecule has 5 heteroatoms. The summed E-state index contributed by atoms with van der Waals surface area (Å²) in [6.07, 6.45) is 6.20. The molecule has 29 heavy (non-hydrogen) atoms. The largest absolute Gasteiger partial charge is 0.341 e. The predicted molar refractivity (Wildman–Crippen MR) is 114 cm³/mol. The number of carbonyl (C=O) groups is 2. The quantitative estimate of drug-likeness (QED) is 0.737. The summed E-state index contributed by atoms with van der Waals surface area (Å²) in [5.74, 6) is 0.527. The van der Waals surface area contributed by atoms with Crippen molar-refractivity contribution in [3.05, 3.63) is 48.0 Å². The molecule has 4 rings (SSSR count). The second-order valence-corrected chi connectivity index (χ2v) is 8.94. The van der Waals surface area contributed by atoms with Crippen LogP contribution in [-0.2, 0) is 22.6 Å². The smallest absolute Gasteiger partial charge is 0.240 e. The molecule has 0 saturated carbocycles.